The van der Waals surface area contributed by atoms with E-state index in [1.54, 1.807) is 6.20 Å². The van der Waals surface area contributed by atoms with Crippen molar-refractivity contribution in [1.82, 2.24) is 9.55 Å². The monoisotopic (exact) mass is 370 g/mol. The van der Waals surface area contributed by atoms with Gasteiger partial charge in [-0.1, -0.05) is 37.3 Å². The van der Waals surface area contributed by atoms with Gasteiger partial charge < -0.3 is 9.30 Å². The molecule has 0 fully saturated rings. The van der Waals surface area contributed by atoms with E-state index >= 15 is 0 Å². The molecule has 2 aromatic carbocycles. The minimum atomic E-state index is -0.00393. The molecule has 4 aromatic rings. The van der Waals surface area contributed by atoms with E-state index in [1.807, 2.05) is 73.8 Å². The Labute approximate surface area is 164 Å². The molecular formula is C24H22N2O2. The van der Waals surface area contributed by atoms with Crippen LogP contribution in [-0.4, -0.2) is 15.3 Å². The van der Waals surface area contributed by atoms with Gasteiger partial charge in [0.25, 0.3) is 0 Å². The summed E-state index contributed by atoms with van der Waals surface area (Å²) in [7, 11) is 1.99. The highest BCUT2D eigenvalue weighted by Crippen LogP contribution is 2.27. The van der Waals surface area contributed by atoms with Crippen LogP contribution in [0.3, 0.4) is 0 Å². The minimum Gasteiger partial charge on any atom is -0.489 e. The zero-order chi connectivity index (χ0) is 19.5. The number of hydrogen-bond donors (Lipinski definition) is 0. The number of benzene rings is 2. The quantitative estimate of drug-likeness (QED) is 0.451. The van der Waals surface area contributed by atoms with E-state index in [4.69, 9.17) is 4.74 Å². The molecule has 4 rings (SSSR count). The molecule has 0 aliphatic rings. The molecule has 0 atom stereocenters. The highest BCUT2D eigenvalue weighted by molar-refractivity contribution is 6.16. The number of carbonyl (C=O) groups is 1. The predicted octanol–water partition coefficient (Wildman–Crippen LogP) is 4.95. The Morgan fingerprint density at radius 3 is 2.46 bits per heavy atom. The Hall–Kier alpha value is -3.40. The van der Waals surface area contributed by atoms with E-state index in [9.17, 15) is 4.79 Å². The molecular weight excluding hydrogens is 348 g/mol. The van der Waals surface area contributed by atoms with Crippen LogP contribution in [0, 0.1) is 0 Å². The smallest absolute Gasteiger partial charge is 0.197 e. The Morgan fingerprint density at radius 1 is 1.00 bits per heavy atom. The van der Waals surface area contributed by atoms with Gasteiger partial charge in [-0.25, -0.2) is 0 Å². The van der Waals surface area contributed by atoms with Crippen molar-refractivity contribution in [3.63, 3.8) is 0 Å². The van der Waals surface area contributed by atoms with Gasteiger partial charge >= 0.3 is 0 Å². The van der Waals surface area contributed by atoms with Crippen molar-refractivity contribution in [2.24, 2.45) is 7.05 Å². The standard InChI is InChI=1S/C24H22N2O2/c1-3-20-22(23-21(26(20)2)10-7-15-25-23)24(27)18-11-13-19(14-12-18)28-16-17-8-5-4-6-9-17/h4-15H,3,16H2,1-2H3. The van der Waals surface area contributed by atoms with Gasteiger partial charge in [0.2, 0.25) is 0 Å². The maximum Gasteiger partial charge on any atom is 0.197 e. The maximum atomic E-state index is 13.2. The number of ketones is 1. The Balaban J connectivity index is 1.60. The number of aryl methyl sites for hydroxylation is 1. The maximum absolute atomic E-state index is 13.2. The lowest BCUT2D eigenvalue weighted by Crippen LogP contribution is -2.06. The Kier molecular flexibility index (Phi) is 4.94. The molecule has 4 nitrogen and oxygen atoms in total. The molecule has 0 radical (unpaired) electrons. The van der Waals surface area contributed by atoms with Gasteiger partial charge in [-0.15, -0.1) is 0 Å². The number of aromatic nitrogens is 2. The van der Waals surface area contributed by atoms with Gasteiger partial charge in [-0.2, -0.15) is 0 Å². The van der Waals surface area contributed by atoms with Crippen LogP contribution in [0.5, 0.6) is 5.75 Å². The summed E-state index contributed by atoms with van der Waals surface area (Å²) in [6, 6.07) is 21.3. The third kappa shape index (κ3) is 3.29. The van der Waals surface area contributed by atoms with E-state index in [2.05, 4.69) is 16.5 Å². The van der Waals surface area contributed by atoms with E-state index in [-0.39, 0.29) is 5.78 Å². The molecule has 4 heteroatoms. The summed E-state index contributed by atoms with van der Waals surface area (Å²) in [5, 5.41) is 0. The van der Waals surface area contributed by atoms with Crippen molar-refractivity contribution in [2.45, 2.75) is 20.0 Å². The van der Waals surface area contributed by atoms with Crippen molar-refractivity contribution in [3.8, 4) is 5.75 Å². The van der Waals surface area contributed by atoms with Gasteiger partial charge in [0.15, 0.2) is 5.78 Å². The Bertz CT molecular complexity index is 1110. The molecule has 28 heavy (non-hydrogen) atoms. The van der Waals surface area contributed by atoms with E-state index in [1.165, 1.54) is 0 Å². The number of carbonyl (C=O) groups excluding carboxylic acids is 1. The van der Waals surface area contributed by atoms with Crippen molar-refractivity contribution in [3.05, 3.63) is 95.3 Å². The molecule has 0 saturated carbocycles. The fourth-order valence-corrected chi connectivity index (χ4v) is 3.55. The second-order valence-electron chi connectivity index (χ2n) is 6.73. The number of ether oxygens (including phenoxy) is 1. The summed E-state index contributed by atoms with van der Waals surface area (Å²) in [6.07, 6.45) is 2.51. The molecule has 0 saturated heterocycles. The zero-order valence-electron chi connectivity index (χ0n) is 16.1. The van der Waals surface area contributed by atoms with Gasteiger partial charge in [-0.05, 0) is 48.4 Å². The lowest BCUT2D eigenvalue weighted by Gasteiger charge is -2.08. The zero-order valence-corrected chi connectivity index (χ0v) is 16.1. The average Bonchev–Trinajstić information content (AvgIpc) is 3.05. The average molecular weight is 370 g/mol. The summed E-state index contributed by atoms with van der Waals surface area (Å²) in [5.74, 6) is 0.739. The number of hydrogen-bond acceptors (Lipinski definition) is 3. The number of nitrogens with zero attached hydrogens (tertiary/aromatic N) is 2. The minimum absolute atomic E-state index is 0.00393. The number of pyridine rings is 1. The van der Waals surface area contributed by atoms with Crippen LogP contribution in [0.1, 0.15) is 34.1 Å². The third-order valence-electron chi connectivity index (χ3n) is 5.00. The summed E-state index contributed by atoms with van der Waals surface area (Å²) in [6.45, 7) is 2.56. The molecule has 0 amide bonds. The van der Waals surface area contributed by atoms with E-state index in [0.29, 0.717) is 17.7 Å². The summed E-state index contributed by atoms with van der Waals surface area (Å²) in [5.41, 5.74) is 5.18. The highest BCUT2D eigenvalue weighted by Gasteiger charge is 2.22. The van der Waals surface area contributed by atoms with Crippen molar-refractivity contribution >= 4 is 16.8 Å². The number of fused-ring (bicyclic) bond motifs is 1. The largest absolute Gasteiger partial charge is 0.489 e. The first-order valence-electron chi connectivity index (χ1n) is 9.42. The molecule has 0 bridgehead atoms. The van der Waals surface area contributed by atoms with Crippen molar-refractivity contribution < 1.29 is 9.53 Å². The van der Waals surface area contributed by atoms with Crippen LogP contribution in [0.4, 0.5) is 0 Å². The first-order valence-corrected chi connectivity index (χ1v) is 9.42. The van der Waals surface area contributed by atoms with E-state index in [0.717, 1.165) is 34.5 Å². The molecule has 0 N–H and O–H groups in total. The molecule has 0 aliphatic heterocycles. The van der Waals surface area contributed by atoms with Crippen LogP contribution in [0.25, 0.3) is 11.0 Å². The SMILES string of the molecule is CCc1c(C(=O)c2ccc(OCc3ccccc3)cc2)c2ncccc2n1C. The molecule has 2 aromatic heterocycles. The Morgan fingerprint density at radius 2 is 1.75 bits per heavy atom. The molecule has 0 unspecified atom stereocenters. The third-order valence-corrected chi connectivity index (χ3v) is 5.00. The van der Waals surface area contributed by atoms with Crippen molar-refractivity contribution in [2.75, 3.05) is 0 Å². The van der Waals surface area contributed by atoms with Crippen LogP contribution in [0.2, 0.25) is 0 Å². The van der Waals surface area contributed by atoms with Crippen LogP contribution in [0.15, 0.2) is 72.9 Å². The second-order valence-corrected chi connectivity index (χ2v) is 6.73. The molecule has 0 spiro atoms. The van der Waals surface area contributed by atoms with Gasteiger partial charge in [0.05, 0.1) is 16.6 Å². The summed E-state index contributed by atoms with van der Waals surface area (Å²) >= 11 is 0. The van der Waals surface area contributed by atoms with Crippen molar-refractivity contribution in [1.29, 1.82) is 0 Å². The van der Waals surface area contributed by atoms with Gasteiger partial charge in [-0.3, -0.25) is 9.78 Å². The fraction of sp³-hybridized carbons (Fsp3) is 0.167. The lowest BCUT2D eigenvalue weighted by atomic mass is 10.0. The van der Waals surface area contributed by atoms with Crippen LogP contribution < -0.4 is 4.74 Å². The van der Waals surface area contributed by atoms with Gasteiger partial charge in [0, 0.05) is 24.5 Å². The number of rotatable bonds is 6. The molecule has 140 valence electrons. The summed E-state index contributed by atoms with van der Waals surface area (Å²) in [4.78, 5) is 17.7. The first kappa shape index (κ1) is 18.0. The second kappa shape index (κ2) is 7.69. The molecule has 0 aliphatic carbocycles. The first-order chi connectivity index (χ1) is 13.7. The summed E-state index contributed by atoms with van der Waals surface area (Å²) < 4.78 is 7.89. The lowest BCUT2D eigenvalue weighted by molar-refractivity contribution is 0.103. The highest BCUT2D eigenvalue weighted by atomic mass is 16.5. The van der Waals surface area contributed by atoms with Crippen LogP contribution >= 0.6 is 0 Å². The topological polar surface area (TPSA) is 44.1 Å². The van der Waals surface area contributed by atoms with Gasteiger partial charge in [0.1, 0.15) is 12.4 Å². The fourth-order valence-electron chi connectivity index (χ4n) is 3.55. The van der Waals surface area contributed by atoms with E-state index < -0.39 is 0 Å². The molecule has 2 heterocycles. The van der Waals surface area contributed by atoms with Crippen LogP contribution in [-0.2, 0) is 20.1 Å². The normalized spacial score (nSPS) is 10.9. The predicted molar refractivity (Wildman–Crippen MR) is 111 cm³/mol.